The first-order chi connectivity index (χ1) is 11.2. The van der Waals surface area contributed by atoms with Gasteiger partial charge in [-0.2, -0.15) is 0 Å². The van der Waals surface area contributed by atoms with Gasteiger partial charge < -0.3 is 10.1 Å². The lowest BCUT2D eigenvalue weighted by molar-refractivity contribution is -0.127. The fraction of sp³-hybridized carbons (Fsp3) is 0.467. The number of methoxy groups -OCH3 is 1. The van der Waals surface area contributed by atoms with Gasteiger partial charge in [0.15, 0.2) is 11.5 Å². The average molecular weight is 317 g/mol. The minimum atomic E-state index is -0.490. The van der Waals surface area contributed by atoms with Gasteiger partial charge >= 0.3 is 6.09 Å². The second kappa shape index (κ2) is 6.64. The molecule has 3 heterocycles. The van der Waals surface area contributed by atoms with Gasteiger partial charge in [0, 0.05) is 12.7 Å². The van der Waals surface area contributed by atoms with Crippen LogP contribution in [0.25, 0.3) is 5.65 Å². The van der Waals surface area contributed by atoms with Crippen molar-refractivity contribution >= 4 is 17.6 Å². The van der Waals surface area contributed by atoms with Gasteiger partial charge in [0.25, 0.3) is 0 Å². The number of hydrogen-bond donors (Lipinski definition) is 1. The molecule has 1 aliphatic rings. The van der Waals surface area contributed by atoms with Crippen molar-refractivity contribution in [1.29, 1.82) is 0 Å². The number of amides is 2. The molecule has 8 heteroatoms. The van der Waals surface area contributed by atoms with Crippen molar-refractivity contribution < 1.29 is 14.3 Å². The number of carbonyl (C=O) groups is 2. The zero-order chi connectivity index (χ0) is 16.2. The van der Waals surface area contributed by atoms with Crippen LogP contribution in [-0.2, 0) is 16.1 Å². The maximum absolute atomic E-state index is 12.4. The predicted molar refractivity (Wildman–Crippen MR) is 81.6 cm³/mol. The van der Waals surface area contributed by atoms with Crippen LogP contribution in [0.3, 0.4) is 0 Å². The van der Waals surface area contributed by atoms with Gasteiger partial charge in [0.05, 0.1) is 13.7 Å². The van der Waals surface area contributed by atoms with Crippen LogP contribution in [0.4, 0.5) is 4.79 Å². The molecule has 1 atom stereocenters. The van der Waals surface area contributed by atoms with Crippen molar-refractivity contribution in [3.8, 4) is 0 Å². The molecule has 0 saturated carbocycles. The molecule has 0 unspecified atom stereocenters. The molecule has 122 valence electrons. The zero-order valence-corrected chi connectivity index (χ0v) is 12.9. The standard InChI is InChI=1S/C15H19N5O3/c1-23-15(22)19-8-4-2-6-11(19)14(21)16-10-13-18-17-12-7-3-5-9-20(12)13/h3,5,7,9,11H,2,4,6,8,10H2,1H3,(H,16,21)/t11-/m1/s1. The highest BCUT2D eigenvalue weighted by Crippen LogP contribution is 2.18. The number of ether oxygens (including phenoxy) is 1. The number of pyridine rings is 1. The number of nitrogens with zero attached hydrogens (tertiary/aromatic N) is 4. The van der Waals surface area contributed by atoms with E-state index in [1.165, 1.54) is 12.0 Å². The number of piperidine rings is 1. The molecule has 1 N–H and O–H groups in total. The Kier molecular flexibility index (Phi) is 4.40. The van der Waals surface area contributed by atoms with Gasteiger partial charge in [-0.05, 0) is 31.4 Å². The molecule has 0 bridgehead atoms. The first kappa shape index (κ1) is 15.3. The summed E-state index contributed by atoms with van der Waals surface area (Å²) in [5.74, 6) is 0.456. The first-order valence-electron chi connectivity index (χ1n) is 7.61. The van der Waals surface area contributed by atoms with E-state index in [0.29, 0.717) is 18.8 Å². The lowest BCUT2D eigenvalue weighted by atomic mass is 10.0. The number of nitrogens with one attached hydrogen (secondary N) is 1. The van der Waals surface area contributed by atoms with Gasteiger partial charge in [-0.25, -0.2) is 4.79 Å². The second-order valence-corrected chi connectivity index (χ2v) is 5.44. The van der Waals surface area contributed by atoms with Gasteiger partial charge in [-0.1, -0.05) is 6.07 Å². The quantitative estimate of drug-likeness (QED) is 0.911. The maximum Gasteiger partial charge on any atom is 0.410 e. The van der Waals surface area contributed by atoms with Crippen LogP contribution >= 0.6 is 0 Å². The summed E-state index contributed by atoms with van der Waals surface area (Å²) in [6.45, 7) is 0.800. The summed E-state index contributed by atoms with van der Waals surface area (Å²) in [5.41, 5.74) is 0.727. The van der Waals surface area contributed by atoms with Crippen molar-refractivity contribution in [3.05, 3.63) is 30.2 Å². The number of likely N-dealkylation sites (tertiary alicyclic amines) is 1. The van der Waals surface area contributed by atoms with Crippen LogP contribution in [0.5, 0.6) is 0 Å². The van der Waals surface area contributed by atoms with Gasteiger partial charge in [0.2, 0.25) is 5.91 Å². The molecule has 1 fully saturated rings. The normalized spacial score (nSPS) is 18.0. The molecule has 2 aromatic heterocycles. The zero-order valence-electron chi connectivity index (χ0n) is 12.9. The lowest BCUT2D eigenvalue weighted by Gasteiger charge is -2.33. The third-order valence-corrected chi connectivity index (χ3v) is 4.02. The molecule has 0 radical (unpaired) electrons. The Bertz CT molecular complexity index is 714. The monoisotopic (exact) mass is 317 g/mol. The summed E-state index contributed by atoms with van der Waals surface area (Å²) in [7, 11) is 1.33. The van der Waals surface area contributed by atoms with Crippen molar-refractivity contribution in [3.63, 3.8) is 0 Å². The van der Waals surface area contributed by atoms with Crippen LogP contribution in [-0.4, -0.2) is 51.2 Å². The molecular weight excluding hydrogens is 298 g/mol. The van der Waals surface area contributed by atoms with E-state index >= 15 is 0 Å². The van der Waals surface area contributed by atoms with E-state index < -0.39 is 12.1 Å². The largest absolute Gasteiger partial charge is 0.453 e. The van der Waals surface area contributed by atoms with Crippen LogP contribution < -0.4 is 5.32 Å². The summed E-state index contributed by atoms with van der Waals surface area (Å²) in [5, 5.41) is 11.0. The highest BCUT2D eigenvalue weighted by Gasteiger charge is 2.32. The number of fused-ring (bicyclic) bond motifs is 1. The Morgan fingerprint density at radius 2 is 2.22 bits per heavy atom. The van der Waals surface area contributed by atoms with Crippen molar-refractivity contribution in [1.82, 2.24) is 24.8 Å². The molecule has 23 heavy (non-hydrogen) atoms. The molecule has 1 saturated heterocycles. The summed E-state index contributed by atoms with van der Waals surface area (Å²) in [4.78, 5) is 25.7. The molecule has 3 rings (SSSR count). The minimum absolute atomic E-state index is 0.192. The summed E-state index contributed by atoms with van der Waals surface area (Å²) >= 11 is 0. The number of rotatable bonds is 3. The van der Waals surface area contributed by atoms with Crippen molar-refractivity contribution in [2.45, 2.75) is 31.8 Å². The topological polar surface area (TPSA) is 88.8 Å². The summed E-state index contributed by atoms with van der Waals surface area (Å²) in [6.07, 6.45) is 3.82. The smallest absolute Gasteiger partial charge is 0.410 e. The molecule has 0 aromatic carbocycles. The van der Waals surface area contributed by atoms with E-state index in [-0.39, 0.29) is 12.5 Å². The predicted octanol–water partition coefficient (Wildman–Crippen LogP) is 0.966. The Balaban J connectivity index is 1.67. The molecule has 0 spiro atoms. The molecular formula is C15H19N5O3. The van der Waals surface area contributed by atoms with Gasteiger partial charge in [-0.3, -0.25) is 14.1 Å². The van der Waals surface area contributed by atoms with Crippen molar-refractivity contribution in [2.24, 2.45) is 0 Å². The van der Waals surface area contributed by atoms with Crippen LogP contribution in [0, 0.1) is 0 Å². The number of aromatic nitrogens is 3. The molecule has 2 amide bonds. The lowest BCUT2D eigenvalue weighted by Crippen LogP contribution is -2.51. The van der Waals surface area contributed by atoms with E-state index in [9.17, 15) is 9.59 Å². The third kappa shape index (κ3) is 3.10. The minimum Gasteiger partial charge on any atom is -0.453 e. The molecule has 8 nitrogen and oxygen atoms in total. The van der Waals surface area contributed by atoms with E-state index in [2.05, 4.69) is 15.5 Å². The second-order valence-electron chi connectivity index (χ2n) is 5.44. The van der Waals surface area contributed by atoms with Crippen LogP contribution in [0.15, 0.2) is 24.4 Å². The Hall–Kier alpha value is -2.64. The Labute approximate surface area is 133 Å². The third-order valence-electron chi connectivity index (χ3n) is 4.02. The van der Waals surface area contributed by atoms with Crippen LogP contribution in [0.2, 0.25) is 0 Å². The number of hydrogen-bond acceptors (Lipinski definition) is 5. The van der Waals surface area contributed by atoms with E-state index in [1.54, 1.807) is 0 Å². The van der Waals surface area contributed by atoms with E-state index in [1.807, 2.05) is 28.8 Å². The summed E-state index contributed by atoms with van der Waals surface area (Å²) < 4.78 is 6.58. The average Bonchev–Trinajstić information content (AvgIpc) is 3.02. The highest BCUT2D eigenvalue weighted by molar-refractivity contribution is 5.85. The Morgan fingerprint density at radius 3 is 3.04 bits per heavy atom. The molecule has 0 aliphatic carbocycles. The van der Waals surface area contributed by atoms with E-state index in [4.69, 9.17) is 4.74 Å². The molecule has 1 aliphatic heterocycles. The van der Waals surface area contributed by atoms with E-state index in [0.717, 1.165) is 18.5 Å². The fourth-order valence-electron chi connectivity index (χ4n) is 2.84. The van der Waals surface area contributed by atoms with Gasteiger partial charge in [-0.15, -0.1) is 10.2 Å². The summed E-state index contributed by atoms with van der Waals surface area (Å²) in [6, 6.07) is 5.11. The number of carbonyl (C=O) groups excluding carboxylic acids is 2. The maximum atomic E-state index is 12.4. The first-order valence-corrected chi connectivity index (χ1v) is 7.61. The Morgan fingerprint density at radius 1 is 1.35 bits per heavy atom. The highest BCUT2D eigenvalue weighted by atomic mass is 16.5. The van der Waals surface area contributed by atoms with Crippen LogP contribution in [0.1, 0.15) is 25.1 Å². The SMILES string of the molecule is COC(=O)N1CCCC[C@@H]1C(=O)NCc1nnc2ccccn12. The van der Waals surface area contributed by atoms with Gasteiger partial charge in [0.1, 0.15) is 6.04 Å². The molecule has 2 aromatic rings. The fourth-order valence-corrected chi connectivity index (χ4v) is 2.84. The van der Waals surface area contributed by atoms with Crippen molar-refractivity contribution in [2.75, 3.05) is 13.7 Å².